The predicted octanol–water partition coefficient (Wildman–Crippen LogP) is 8.55. The average Bonchev–Trinajstić information content (AvgIpc) is 3.30. The van der Waals surface area contributed by atoms with Crippen molar-refractivity contribution >= 4 is 23.5 Å². The van der Waals surface area contributed by atoms with E-state index in [0.717, 1.165) is 38.5 Å². The largest absolute Gasteiger partial charge is 0.481 e. The van der Waals surface area contributed by atoms with Gasteiger partial charge in [0.1, 0.15) is 6.61 Å². The Morgan fingerprint density at radius 3 is 1.86 bits per heavy atom. The van der Waals surface area contributed by atoms with Crippen molar-refractivity contribution in [2.45, 2.75) is 179 Å². The van der Waals surface area contributed by atoms with E-state index in [9.17, 15) is 29.4 Å². The molecule has 0 heterocycles. The molecule has 0 unspecified atom stereocenters. The molecule has 0 aromatic carbocycles. The molecule has 8 atom stereocenters. The van der Waals surface area contributed by atoms with Gasteiger partial charge in [-0.1, -0.05) is 115 Å². The molecule has 0 radical (unpaired) electrons. The third kappa shape index (κ3) is 8.55. The molecular formula is C42H65FO8. The first kappa shape index (κ1) is 41.4. The van der Waals surface area contributed by atoms with Gasteiger partial charge in [0.05, 0.1) is 6.10 Å². The molecule has 0 spiro atoms. The Morgan fingerprint density at radius 2 is 1.35 bits per heavy atom. The van der Waals surface area contributed by atoms with Crippen LogP contribution in [0.15, 0.2) is 23.8 Å². The number of carboxylic acid groups (broad SMARTS) is 1. The standard InChI is InChI=1S/C42H65FO8/c1-30-26-34-33-23-22-31-27-32(45)24-25-39(31,2)41(33,43)35(46)28-40(34,3)42(30,36(47)29-44)51-38(50)21-19-17-15-13-11-9-7-5-4-6-8-10-12-14-16-18-20-37(48)49/h24-25,27,30,33-35,44,46H,4-23,26,28-29H2,1-3H3,(H,48,49)/t30-,33+,34+,35+,39+,40+,41+,42+/m1/s1. The molecule has 51 heavy (non-hydrogen) atoms. The number of aliphatic carboxylic acids is 1. The zero-order valence-electron chi connectivity index (χ0n) is 31.6. The predicted molar refractivity (Wildman–Crippen MR) is 195 cm³/mol. The fourth-order valence-electron chi connectivity index (χ4n) is 10.8. The first-order valence-corrected chi connectivity index (χ1v) is 20.2. The van der Waals surface area contributed by atoms with Gasteiger partial charge in [0.15, 0.2) is 17.1 Å². The summed E-state index contributed by atoms with van der Waals surface area (Å²) >= 11 is 0. The number of ether oxygens (including phenoxy) is 1. The first-order valence-electron chi connectivity index (χ1n) is 20.2. The minimum absolute atomic E-state index is 0.0870. The number of halogens is 1. The number of carboxylic acids is 1. The monoisotopic (exact) mass is 716 g/mol. The summed E-state index contributed by atoms with van der Waals surface area (Å²) < 4.78 is 23.8. The Labute approximate surface area is 305 Å². The highest BCUT2D eigenvalue weighted by molar-refractivity contribution is 6.01. The van der Waals surface area contributed by atoms with Gasteiger partial charge < -0.3 is 20.1 Å². The molecule has 0 bridgehead atoms. The number of esters is 1. The SMILES string of the molecule is C[C@@H]1C[C@H]2[C@@H]3CCC4=CC(=O)C=C[C@]4(C)[C@@]3(F)[C@@H](O)C[C@]2(C)[C@@]1(OC(=O)CCCCCCCCCCCCCCCCCCC(=O)O)C(=O)CO. The van der Waals surface area contributed by atoms with Gasteiger partial charge in [-0.3, -0.25) is 19.2 Å². The van der Waals surface area contributed by atoms with Crippen LogP contribution >= 0.6 is 0 Å². The lowest BCUT2D eigenvalue weighted by molar-refractivity contribution is -0.228. The lowest BCUT2D eigenvalue weighted by Crippen LogP contribution is -2.70. The maximum Gasteiger partial charge on any atom is 0.306 e. The number of allylic oxidation sites excluding steroid dienone is 4. The molecular weight excluding hydrogens is 651 g/mol. The van der Waals surface area contributed by atoms with Gasteiger partial charge in [-0.15, -0.1) is 0 Å². The summed E-state index contributed by atoms with van der Waals surface area (Å²) in [6.07, 6.45) is 22.5. The number of ketones is 2. The van der Waals surface area contributed by atoms with Crippen LogP contribution in [-0.2, 0) is 23.9 Å². The van der Waals surface area contributed by atoms with E-state index >= 15 is 4.39 Å². The van der Waals surface area contributed by atoms with Crippen LogP contribution in [0.5, 0.6) is 0 Å². The lowest BCUT2D eigenvalue weighted by atomic mass is 9.44. The molecule has 0 amide bonds. The molecule has 4 rings (SSSR count). The number of aliphatic hydroxyl groups excluding tert-OH is 2. The Balaban J connectivity index is 1.19. The van der Waals surface area contributed by atoms with Crippen molar-refractivity contribution in [1.29, 1.82) is 0 Å². The van der Waals surface area contributed by atoms with Gasteiger partial charge in [0.25, 0.3) is 0 Å². The molecule has 0 aromatic heterocycles. The third-order valence-corrected chi connectivity index (χ3v) is 13.5. The zero-order chi connectivity index (χ0) is 37.3. The number of fused-ring (bicyclic) bond motifs is 5. The summed E-state index contributed by atoms with van der Waals surface area (Å²) in [5, 5.41) is 30.5. The van der Waals surface area contributed by atoms with E-state index in [1.165, 1.54) is 69.9 Å². The van der Waals surface area contributed by atoms with E-state index in [2.05, 4.69) is 0 Å². The number of rotatable bonds is 22. The number of aliphatic hydroxyl groups is 2. The highest BCUT2D eigenvalue weighted by atomic mass is 19.1. The van der Waals surface area contributed by atoms with Crippen molar-refractivity contribution in [2.75, 3.05) is 6.61 Å². The molecule has 9 heteroatoms. The number of unbranched alkanes of at least 4 members (excludes halogenated alkanes) is 15. The third-order valence-electron chi connectivity index (χ3n) is 13.5. The second-order valence-electron chi connectivity index (χ2n) is 16.7. The van der Waals surface area contributed by atoms with Gasteiger partial charge in [0, 0.05) is 35.5 Å². The van der Waals surface area contributed by atoms with E-state index in [-0.39, 0.29) is 31.0 Å². The van der Waals surface area contributed by atoms with Crippen LogP contribution in [0.25, 0.3) is 0 Å². The van der Waals surface area contributed by atoms with Gasteiger partial charge in [-0.2, -0.15) is 0 Å². The topological polar surface area (TPSA) is 138 Å². The smallest absolute Gasteiger partial charge is 0.306 e. The Kier molecular flexibility index (Phi) is 14.7. The number of alkyl halides is 1. The number of hydrogen-bond donors (Lipinski definition) is 3. The minimum atomic E-state index is -2.05. The summed E-state index contributed by atoms with van der Waals surface area (Å²) in [6, 6.07) is 0. The van der Waals surface area contributed by atoms with Crippen LogP contribution in [0.4, 0.5) is 4.39 Å². The van der Waals surface area contributed by atoms with Crippen molar-refractivity contribution < 1.29 is 43.6 Å². The maximum absolute atomic E-state index is 17.6. The molecule has 0 saturated heterocycles. The Hall–Kier alpha value is -2.39. The van der Waals surface area contributed by atoms with Crippen molar-refractivity contribution in [3.8, 4) is 0 Å². The lowest BCUT2D eigenvalue weighted by Gasteiger charge is -2.62. The number of Topliss-reactive ketones (excluding diaryl/α,β-unsaturated/α-hetero) is 1. The first-order chi connectivity index (χ1) is 24.3. The van der Waals surface area contributed by atoms with E-state index in [0.29, 0.717) is 31.3 Å². The molecule has 3 fully saturated rings. The van der Waals surface area contributed by atoms with Crippen molar-refractivity contribution in [1.82, 2.24) is 0 Å². The van der Waals surface area contributed by atoms with Crippen LogP contribution in [0.1, 0.15) is 162 Å². The zero-order valence-corrected chi connectivity index (χ0v) is 31.6. The molecule has 0 aliphatic heterocycles. The van der Waals surface area contributed by atoms with Crippen molar-refractivity contribution in [3.05, 3.63) is 23.8 Å². The molecule has 4 aliphatic carbocycles. The van der Waals surface area contributed by atoms with E-state index in [4.69, 9.17) is 9.84 Å². The maximum atomic E-state index is 17.6. The minimum Gasteiger partial charge on any atom is -0.481 e. The van der Waals surface area contributed by atoms with Gasteiger partial charge >= 0.3 is 11.9 Å². The number of carbonyl (C=O) groups excluding carboxylic acids is 3. The summed E-state index contributed by atoms with van der Waals surface area (Å²) in [5.41, 5.74) is -5.21. The molecule has 3 saturated carbocycles. The van der Waals surface area contributed by atoms with Gasteiger partial charge in [-0.25, -0.2) is 4.39 Å². The fraction of sp³-hybridized carbons (Fsp3) is 0.810. The van der Waals surface area contributed by atoms with Crippen LogP contribution in [-0.4, -0.2) is 62.8 Å². The summed E-state index contributed by atoms with van der Waals surface area (Å²) in [7, 11) is 0. The average molecular weight is 717 g/mol. The van der Waals surface area contributed by atoms with Gasteiger partial charge in [-0.05, 0) is 63.5 Å². The number of hydrogen-bond acceptors (Lipinski definition) is 7. The van der Waals surface area contributed by atoms with E-state index < -0.39 is 64.4 Å². The van der Waals surface area contributed by atoms with E-state index in [1.807, 2.05) is 13.8 Å². The van der Waals surface area contributed by atoms with Crippen LogP contribution < -0.4 is 0 Å². The van der Waals surface area contributed by atoms with Crippen LogP contribution in [0, 0.1) is 28.6 Å². The Morgan fingerprint density at radius 1 is 0.843 bits per heavy atom. The molecule has 8 nitrogen and oxygen atoms in total. The summed E-state index contributed by atoms with van der Waals surface area (Å²) in [4.78, 5) is 49.8. The molecule has 3 N–H and O–H groups in total. The highest BCUT2D eigenvalue weighted by Gasteiger charge is 2.77. The second-order valence-corrected chi connectivity index (χ2v) is 16.7. The molecule has 0 aromatic rings. The Bertz CT molecular complexity index is 1290. The molecule has 4 aliphatic rings. The van der Waals surface area contributed by atoms with Crippen molar-refractivity contribution in [2.24, 2.45) is 28.6 Å². The quantitative estimate of drug-likeness (QED) is 0.0749. The van der Waals surface area contributed by atoms with Crippen LogP contribution in [0.2, 0.25) is 0 Å². The fourth-order valence-corrected chi connectivity index (χ4v) is 10.8. The summed E-state index contributed by atoms with van der Waals surface area (Å²) in [6.45, 7) is 4.65. The molecule has 288 valence electrons. The summed E-state index contributed by atoms with van der Waals surface area (Å²) in [5.74, 6) is -3.37. The van der Waals surface area contributed by atoms with Crippen molar-refractivity contribution in [3.63, 3.8) is 0 Å². The van der Waals surface area contributed by atoms with E-state index in [1.54, 1.807) is 13.0 Å². The highest BCUT2D eigenvalue weighted by Crippen LogP contribution is 2.71. The van der Waals surface area contributed by atoms with Crippen LogP contribution in [0.3, 0.4) is 0 Å². The normalized spacial score (nSPS) is 34.0. The van der Waals surface area contributed by atoms with Gasteiger partial charge in [0.2, 0.25) is 5.78 Å². The second kappa shape index (κ2) is 18.1. The number of carbonyl (C=O) groups is 4.